The predicted molar refractivity (Wildman–Crippen MR) is 82.1 cm³/mol. The van der Waals surface area contributed by atoms with Crippen LogP contribution in [0.3, 0.4) is 0 Å². The van der Waals surface area contributed by atoms with Crippen LogP contribution in [0.5, 0.6) is 5.75 Å². The first kappa shape index (κ1) is 13.8. The summed E-state index contributed by atoms with van der Waals surface area (Å²) >= 11 is 0. The molecule has 110 valence electrons. The summed E-state index contributed by atoms with van der Waals surface area (Å²) in [5.74, 6) is 0.966. The summed E-state index contributed by atoms with van der Waals surface area (Å²) in [5.41, 5.74) is 3.44. The first-order chi connectivity index (χ1) is 10.2. The Bertz CT molecular complexity index is 647. The summed E-state index contributed by atoms with van der Waals surface area (Å²) < 4.78 is 7.52. The van der Waals surface area contributed by atoms with Crippen molar-refractivity contribution in [3.8, 4) is 5.75 Å². The Balaban J connectivity index is 1.56. The number of hydrogen-bond donors (Lipinski definition) is 1. The molecule has 1 aromatic heterocycles. The molecule has 0 radical (unpaired) electrons. The molecular formula is C16H20N4O. The van der Waals surface area contributed by atoms with Crippen molar-refractivity contribution < 1.29 is 4.74 Å². The molecule has 0 saturated heterocycles. The van der Waals surface area contributed by atoms with Crippen LogP contribution >= 0.6 is 0 Å². The van der Waals surface area contributed by atoms with Crippen LogP contribution in [-0.2, 0) is 13.5 Å². The number of nitrogens with zero attached hydrogens (tertiary/aromatic N) is 3. The van der Waals surface area contributed by atoms with Crippen LogP contribution in [-0.4, -0.2) is 34.2 Å². The third-order valence-corrected chi connectivity index (χ3v) is 3.69. The molecule has 5 heteroatoms. The van der Waals surface area contributed by atoms with Crippen molar-refractivity contribution in [1.29, 1.82) is 0 Å². The Labute approximate surface area is 124 Å². The second kappa shape index (κ2) is 6.10. The van der Waals surface area contributed by atoms with Crippen LogP contribution in [0.1, 0.15) is 18.2 Å². The molecule has 0 aliphatic carbocycles. The minimum atomic E-state index is 0.287. The van der Waals surface area contributed by atoms with Gasteiger partial charge in [0.2, 0.25) is 0 Å². The van der Waals surface area contributed by atoms with Crippen molar-refractivity contribution in [2.75, 3.05) is 13.2 Å². The van der Waals surface area contributed by atoms with Gasteiger partial charge in [-0.05, 0) is 24.6 Å². The Kier molecular flexibility index (Phi) is 4.01. The average molecular weight is 284 g/mol. The SMILES string of the molecule is CC(NCCc1cn(C)nn1)C1=Cc2ccccc2OC1. The number of nitrogens with one attached hydrogen (secondary N) is 1. The molecule has 3 rings (SSSR count). The lowest BCUT2D eigenvalue weighted by molar-refractivity contribution is 0.334. The van der Waals surface area contributed by atoms with Crippen molar-refractivity contribution in [2.45, 2.75) is 19.4 Å². The highest BCUT2D eigenvalue weighted by atomic mass is 16.5. The summed E-state index contributed by atoms with van der Waals surface area (Å²) in [6.07, 6.45) is 5.05. The summed E-state index contributed by atoms with van der Waals surface area (Å²) in [5, 5.41) is 11.5. The Hall–Kier alpha value is -2.14. The number of rotatable bonds is 5. The predicted octanol–water partition coefficient (Wildman–Crippen LogP) is 1.81. The molecule has 0 saturated carbocycles. The van der Waals surface area contributed by atoms with Crippen molar-refractivity contribution in [3.63, 3.8) is 0 Å². The van der Waals surface area contributed by atoms with Gasteiger partial charge in [-0.2, -0.15) is 0 Å². The van der Waals surface area contributed by atoms with Crippen molar-refractivity contribution in [1.82, 2.24) is 20.3 Å². The number of benzene rings is 1. The van der Waals surface area contributed by atoms with Crippen LogP contribution in [0.2, 0.25) is 0 Å². The molecule has 1 N–H and O–H groups in total. The van der Waals surface area contributed by atoms with Crippen LogP contribution < -0.4 is 10.1 Å². The molecule has 1 atom stereocenters. The van der Waals surface area contributed by atoms with E-state index in [2.05, 4.69) is 34.7 Å². The molecule has 1 aliphatic heterocycles. The molecule has 21 heavy (non-hydrogen) atoms. The van der Waals surface area contributed by atoms with E-state index in [-0.39, 0.29) is 6.04 Å². The van der Waals surface area contributed by atoms with Gasteiger partial charge in [0, 0.05) is 37.8 Å². The summed E-state index contributed by atoms with van der Waals surface area (Å²) in [4.78, 5) is 0. The lowest BCUT2D eigenvalue weighted by Crippen LogP contribution is -2.32. The van der Waals surface area contributed by atoms with Gasteiger partial charge in [0.15, 0.2) is 0 Å². The molecule has 1 aromatic carbocycles. The highest BCUT2D eigenvalue weighted by Gasteiger charge is 2.15. The van der Waals surface area contributed by atoms with Gasteiger partial charge in [0.25, 0.3) is 0 Å². The maximum absolute atomic E-state index is 5.79. The number of hydrogen-bond acceptors (Lipinski definition) is 4. The lowest BCUT2D eigenvalue weighted by atomic mass is 10.0. The van der Waals surface area contributed by atoms with Gasteiger partial charge in [-0.1, -0.05) is 23.4 Å². The maximum atomic E-state index is 5.79. The van der Waals surface area contributed by atoms with Gasteiger partial charge in [0.1, 0.15) is 12.4 Å². The second-order valence-corrected chi connectivity index (χ2v) is 5.36. The Morgan fingerprint density at radius 3 is 3.05 bits per heavy atom. The highest BCUT2D eigenvalue weighted by Crippen LogP contribution is 2.26. The van der Waals surface area contributed by atoms with Gasteiger partial charge >= 0.3 is 0 Å². The fourth-order valence-corrected chi connectivity index (χ4v) is 2.44. The number of ether oxygens (including phenoxy) is 1. The third kappa shape index (κ3) is 3.31. The van der Waals surface area contributed by atoms with E-state index in [1.165, 1.54) is 5.57 Å². The summed E-state index contributed by atoms with van der Waals surface area (Å²) in [7, 11) is 1.88. The monoisotopic (exact) mass is 284 g/mol. The fourth-order valence-electron chi connectivity index (χ4n) is 2.44. The normalized spacial score (nSPS) is 15.0. The fraction of sp³-hybridized carbons (Fsp3) is 0.375. The van der Waals surface area contributed by atoms with Gasteiger partial charge in [0.05, 0.1) is 5.69 Å². The smallest absolute Gasteiger partial charge is 0.127 e. The van der Waals surface area contributed by atoms with Crippen molar-refractivity contribution in [2.24, 2.45) is 7.05 Å². The van der Waals surface area contributed by atoms with Gasteiger partial charge in [-0.3, -0.25) is 4.68 Å². The van der Waals surface area contributed by atoms with E-state index in [0.29, 0.717) is 6.61 Å². The molecule has 0 spiro atoms. The van der Waals surface area contributed by atoms with Crippen LogP contribution in [0, 0.1) is 0 Å². The van der Waals surface area contributed by atoms with E-state index >= 15 is 0 Å². The first-order valence-corrected chi connectivity index (χ1v) is 7.23. The number of para-hydroxylation sites is 1. The molecule has 2 heterocycles. The third-order valence-electron chi connectivity index (χ3n) is 3.69. The second-order valence-electron chi connectivity index (χ2n) is 5.36. The zero-order chi connectivity index (χ0) is 14.7. The zero-order valence-corrected chi connectivity index (χ0v) is 12.4. The highest BCUT2D eigenvalue weighted by molar-refractivity contribution is 5.62. The number of fused-ring (bicyclic) bond motifs is 1. The van der Waals surface area contributed by atoms with Crippen LogP contribution in [0.25, 0.3) is 6.08 Å². The van der Waals surface area contributed by atoms with E-state index in [9.17, 15) is 0 Å². The van der Waals surface area contributed by atoms with E-state index < -0.39 is 0 Å². The van der Waals surface area contributed by atoms with Gasteiger partial charge in [-0.15, -0.1) is 5.10 Å². The minimum Gasteiger partial charge on any atom is -0.489 e. The molecule has 5 nitrogen and oxygen atoms in total. The Morgan fingerprint density at radius 1 is 1.38 bits per heavy atom. The van der Waals surface area contributed by atoms with Crippen molar-refractivity contribution >= 4 is 6.08 Å². The van der Waals surface area contributed by atoms with Gasteiger partial charge in [-0.25, -0.2) is 0 Å². The quantitative estimate of drug-likeness (QED) is 0.910. The topological polar surface area (TPSA) is 52.0 Å². The molecule has 2 aromatic rings. The Morgan fingerprint density at radius 2 is 2.24 bits per heavy atom. The van der Waals surface area contributed by atoms with E-state index in [4.69, 9.17) is 4.74 Å². The lowest BCUT2D eigenvalue weighted by Gasteiger charge is -2.23. The van der Waals surface area contributed by atoms with Gasteiger partial charge < -0.3 is 10.1 Å². The van der Waals surface area contributed by atoms with Crippen LogP contribution in [0.4, 0.5) is 0 Å². The largest absolute Gasteiger partial charge is 0.489 e. The van der Waals surface area contributed by atoms with Crippen molar-refractivity contribution in [3.05, 3.63) is 47.3 Å². The van der Waals surface area contributed by atoms with E-state index in [1.54, 1.807) is 4.68 Å². The zero-order valence-electron chi connectivity index (χ0n) is 12.4. The number of aryl methyl sites for hydroxylation is 1. The maximum Gasteiger partial charge on any atom is 0.127 e. The molecule has 0 bridgehead atoms. The summed E-state index contributed by atoms with van der Waals surface area (Å²) in [6, 6.07) is 8.42. The minimum absolute atomic E-state index is 0.287. The average Bonchev–Trinajstić information content (AvgIpc) is 2.92. The summed E-state index contributed by atoms with van der Waals surface area (Å²) in [6.45, 7) is 3.69. The van der Waals surface area contributed by atoms with E-state index in [1.807, 2.05) is 31.4 Å². The molecular weight excluding hydrogens is 264 g/mol. The van der Waals surface area contributed by atoms with Crippen LogP contribution in [0.15, 0.2) is 36.0 Å². The molecule has 0 amide bonds. The van der Waals surface area contributed by atoms with E-state index in [0.717, 1.165) is 30.0 Å². The molecule has 0 fully saturated rings. The number of aromatic nitrogens is 3. The molecule has 1 aliphatic rings. The first-order valence-electron chi connectivity index (χ1n) is 7.23. The standard InChI is InChI=1S/C16H20N4O/c1-12(17-8-7-15-10-20(2)19-18-15)14-9-13-5-3-4-6-16(13)21-11-14/h3-6,9-10,12,17H,7-8,11H2,1-2H3. The molecule has 1 unspecified atom stereocenters.